The van der Waals surface area contributed by atoms with E-state index in [0.717, 1.165) is 18.2 Å². The average Bonchev–Trinajstić information content (AvgIpc) is 2.30. The molecule has 10 heteroatoms. The van der Waals surface area contributed by atoms with Crippen molar-refractivity contribution in [2.24, 2.45) is 0 Å². The molecule has 3 N–H and O–H groups in total. The molecule has 0 radical (unpaired) electrons. The summed E-state index contributed by atoms with van der Waals surface area (Å²) in [5.74, 6) is -1.76. The first-order chi connectivity index (χ1) is 9.67. The summed E-state index contributed by atoms with van der Waals surface area (Å²) in [6.45, 7) is -0.183. The zero-order valence-electron chi connectivity index (χ0n) is 10.3. The Labute approximate surface area is 121 Å². The predicted octanol–water partition coefficient (Wildman–Crippen LogP) is 2.83. The molecule has 0 aliphatic carbocycles. The molecule has 116 valence electrons. The minimum atomic E-state index is -4.93. The third kappa shape index (κ3) is 6.70. The Morgan fingerprint density at radius 2 is 2.00 bits per heavy atom. The molecule has 0 saturated heterocycles. The number of halogens is 4. The summed E-state index contributed by atoms with van der Waals surface area (Å²) < 4.78 is 40.3. The van der Waals surface area contributed by atoms with E-state index in [2.05, 4.69) is 15.4 Å². The van der Waals surface area contributed by atoms with Crippen molar-refractivity contribution in [3.8, 4) is 5.75 Å². The lowest BCUT2D eigenvalue weighted by molar-refractivity contribution is -0.274. The van der Waals surface area contributed by atoms with Crippen LogP contribution in [0.1, 0.15) is 6.42 Å². The van der Waals surface area contributed by atoms with Crippen LogP contribution in [0, 0.1) is 0 Å². The van der Waals surface area contributed by atoms with Gasteiger partial charge in [0.05, 0.1) is 12.1 Å². The maximum atomic E-state index is 12.2. The highest BCUT2D eigenvalue weighted by atomic mass is 35.5. The minimum Gasteiger partial charge on any atom is -0.481 e. The second-order valence-corrected chi connectivity index (χ2v) is 4.15. The molecule has 0 saturated carbocycles. The Balaban J connectivity index is 2.74. The summed E-state index contributed by atoms with van der Waals surface area (Å²) >= 11 is 5.63. The van der Waals surface area contributed by atoms with E-state index in [1.807, 2.05) is 0 Å². The number of nitrogens with one attached hydrogen (secondary N) is 2. The Morgan fingerprint density at radius 3 is 2.57 bits per heavy atom. The van der Waals surface area contributed by atoms with Gasteiger partial charge < -0.3 is 20.5 Å². The number of alkyl halides is 3. The van der Waals surface area contributed by atoms with Gasteiger partial charge in [-0.05, 0) is 18.2 Å². The Kier molecular flexibility index (Phi) is 5.65. The highest BCUT2D eigenvalue weighted by Gasteiger charge is 2.32. The van der Waals surface area contributed by atoms with Gasteiger partial charge in [0.25, 0.3) is 0 Å². The second kappa shape index (κ2) is 7.02. The van der Waals surface area contributed by atoms with Crippen molar-refractivity contribution in [1.82, 2.24) is 5.32 Å². The van der Waals surface area contributed by atoms with Crippen LogP contribution in [0.3, 0.4) is 0 Å². The molecular formula is C11H10ClF3N2O4. The van der Waals surface area contributed by atoms with Crippen LogP contribution in [0.25, 0.3) is 0 Å². The van der Waals surface area contributed by atoms with Gasteiger partial charge >= 0.3 is 18.4 Å². The van der Waals surface area contributed by atoms with E-state index in [4.69, 9.17) is 16.7 Å². The van der Waals surface area contributed by atoms with Crippen LogP contribution in [0.2, 0.25) is 5.02 Å². The highest BCUT2D eigenvalue weighted by molar-refractivity contribution is 6.31. The second-order valence-electron chi connectivity index (χ2n) is 3.71. The van der Waals surface area contributed by atoms with Crippen molar-refractivity contribution < 1.29 is 32.6 Å². The standard InChI is InChI=1S/C11H10ClF3N2O4/c12-6-1-2-8(21-11(13,14)15)7(5-6)17-10(20)16-4-3-9(18)19/h1-2,5H,3-4H2,(H,18,19)(H2,16,17,20). The van der Waals surface area contributed by atoms with E-state index in [1.165, 1.54) is 0 Å². The van der Waals surface area contributed by atoms with Crippen molar-refractivity contribution in [2.75, 3.05) is 11.9 Å². The number of carbonyl (C=O) groups is 2. The highest BCUT2D eigenvalue weighted by Crippen LogP contribution is 2.32. The lowest BCUT2D eigenvalue weighted by Gasteiger charge is -2.14. The summed E-state index contributed by atoms with van der Waals surface area (Å²) in [7, 11) is 0. The number of carboxylic acid groups (broad SMARTS) is 1. The van der Waals surface area contributed by atoms with E-state index in [0.29, 0.717) is 0 Å². The van der Waals surface area contributed by atoms with E-state index >= 15 is 0 Å². The first-order valence-electron chi connectivity index (χ1n) is 5.49. The van der Waals surface area contributed by atoms with Crippen LogP contribution < -0.4 is 15.4 Å². The van der Waals surface area contributed by atoms with Crippen LogP contribution in [0.5, 0.6) is 5.75 Å². The Bertz CT molecular complexity index is 537. The fourth-order valence-corrected chi connectivity index (χ4v) is 1.44. The Hall–Kier alpha value is -2.16. The number of hydrogen-bond donors (Lipinski definition) is 3. The molecule has 0 unspecified atom stereocenters. The van der Waals surface area contributed by atoms with E-state index in [1.54, 1.807) is 0 Å². The molecule has 0 aliphatic rings. The molecule has 1 rings (SSSR count). The van der Waals surface area contributed by atoms with Gasteiger partial charge in [-0.2, -0.15) is 0 Å². The molecule has 0 aromatic heterocycles. The van der Waals surface area contributed by atoms with Gasteiger partial charge in [0, 0.05) is 11.6 Å². The van der Waals surface area contributed by atoms with E-state index in [-0.39, 0.29) is 23.7 Å². The number of urea groups is 1. The third-order valence-corrected chi connectivity index (χ3v) is 2.28. The fraction of sp³-hybridized carbons (Fsp3) is 0.273. The zero-order chi connectivity index (χ0) is 16.0. The van der Waals surface area contributed by atoms with Crippen molar-refractivity contribution in [1.29, 1.82) is 0 Å². The van der Waals surface area contributed by atoms with Crippen LogP contribution in [-0.4, -0.2) is 30.0 Å². The summed E-state index contributed by atoms with van der Waals surface area (Å²) in [4.78, 5) is 21.7. The summed E-state index contributed by atoms with van der Waals surface area (Å²) in [5, 5.41) is 12.7. The van der Waals surface area contributed by atoms with Crippen LogP contribution in [0.4, 0.5) is 23.7 Å². The quantitative estimate of drug-likeness (QED) is 0.776. The summed E-state index contributed by atoms with van der Waals surface area (Å²) in [6.07, 6.45) is -5.25. The number of amides is 2. The fourth-order valence-electron chi connectivity index (χ4n) is 1.26. The molecule has 1 aromatic carbocycles. The first kappa shape index (κ1) is 16.9. The molecule has 1 aromatic rings. The molecule has 0 atom stereocenters. The largest absolute Gasteiger partial charge is 0.573 e. The summed E-state index contributed by atoms with van der Waals surface area (Å²) in [5.41, 5.74) is -0.298. The average molecular weight is 327 g/mol. The maximum Gasteiger partial charge on any atom is 0.573 e. The first-order valence-corrected chi connectivity index (χ1v) is 5.87. The minimum absolute atomic E-state index is 0.0883. The van der Waals surface area contributed by atoms with Gasteiger partial charge in [-0.1, -0.05) is 11.6 Å². The van der Waals surface area contributed by atoms with Gasteiger partial charge in [0.15, 0.2) is 5.75 Å². The van der Waals surface area contributed by atoms with Crippen LogP contribution in [0.15, 0.2) is 18.2 Å². The monoisotopic (exact) mass is 326 g/mol. The zero-order valence-corrected chi connectivity index (χ0v) is 11.1. The number of rotatable bonds is 5. The van der Waals surface area contributed by atoms with Gasteiger partial charge in [0.1, 0.15) is 0 Å². The smallest absolute Gasteiger partial charge is 0.481 e. The van der Waals surface area contributed by atoms with Crippen molar-refractivity contribution in [2.45, 2.75) is 12.8 Å². The van der Waals surface area contributed by atoms with Gasteiger partial charge in [0.2, 0.25) is 0 Å². The number of carboxylic acids is 1. The molecule has 6 nitrogen and oxygen atoms in total. The van der Waals surface area contributed by atoms with Gasteiger partial charge in [-0.25, -0.2) is 4.79 Å². The third-order valence-electron chi connectivity index (χ3n) is 2.04. The van der Waals surface area contributed by atoms with Crippen LogP contribution >= 0.6 is 11.6 Å². The molecule has 0 spiro atoms. The van der Waals surface area contributed by atoms with Gasteiger partial charge in [-0.15, -0.1) is 13.2 Å². The predicted molar refractivity (Wildman–Crippen MR) is 67.4 cm³/mol. The number of hydrogen-bond acceptors (Lipinski definition) is 3. The molecule has 0 bridgehead atoms. The Morgan fingerprint density at radius 1 is 1.33 bits per heavy atom. The lowest BCUT2D eigenvalue weighted by atomic mass is 10.3. The molecule has 0 aliphatic heterocycles. The SMILES string of the molecule is O=C(O)CCNC(=O)Nc1cc(Cl)ccc1OC(F)(F)F. The van der Waals surface area contributed by atoms with Crippen molar-refractivity contribution in [3.05, 3.63) is 23.2 Å². The van der Waals surface area contributed by atoms with E-state index in [9.17, 15) is 22.8 Å². The molecule has 21 heavy (non-hydrogen) atoms. The van der Waals surface area contributed by atoms with Crippen molar-refractivity contribution in [3.63, 3.8) is 0 Å². The molecule has 0 fully saturated rings. The normalized spacial score (nSPS) is 10.9. The topological polar surface area (TPSA) is 87.7 Å². The van der Waals surface area contributed by atoms with E-state index < -0.39 is 24.1 Å². The number of benzene rings is 1. The number of anilines is 1. The lowest BCUT2D eigenvalue weighted by Crippen LogP contribution is -2.31. The maximum absolute atomic E-state index is 12.2. The molecule has 2 amide bonds. The molecule has 0 heterocycles. The summed E-state index contributed by atoms with van der Waals surface area (Å²) in [6, 6.07) is 2.30. The van der Waals surface area contributed by atoms with Gasteiger partial charge in [-0.3, -0.25) is 4.79 Å². The number of carbonyl (C=O) groups excluding carboxylic acids is 1. The van der Waals surface area contributed by atoms with Crippen LogP contribution in [-0.2, 0) is 4.79 Å². The molecular weight excluding hydrogens is 317 g/mol. The van der Waals surface area contributed by atoms with Crippen molar-refractivity contribution >= 4 is 29.3 Å². The number of ether oxygens (including phenoxy) is 1. The number of aliphatic carboxylic acids is 1.